The molecule has 0 radical (unpaired) electrons. The number of hydrogen-bond acceptors (Lipinski definition) is 2. The Hall–Kier alpha value is -1.22. The molecule has 0 saturated heterocycles. The highest BCUT2D eigenvalue weighted by Crippen LogP contribution is 2.07. The van der Waals surface area contributed by atoms with E-state index in [4.69, 9.17) is 4.74 Å². The third-order valence-electron chi connectivity index (χ3n) is 2.59. The van der Waals surface area contributed by atoms with E-state index in [1.807, 2.05) is 6.92 Å². The SMILES string of the molecule is CCCC(C)OCCC(=O)c1ccc(F)cc1. The third-order valence-corrected chi connectivity index (χ3v) is 2.59. The van der Waals surface area contributed by atoms with Gasteiger partial charge in [0.25, 0.3) is 0 Å². The van der Waals surface area contributed by atoms with E-state index in [1.54, 1.807) is 0 Å². The van der Waals surface area contributed by atoms with Gasteiger partial charge in [-0.25, -0.2) is 4.39 Å². The van der Waals surface area contributed by atoms with Gasteiger partial charge in [-0.1, -0.05) is 13.3 Å². The lowest BCUT2D eigenvalue weighted by Gasteiger charge is -2.11. The molecule has 1 aromatic carbocycles. The molecule has 0 aromatic heterocycles. The summed E-state index contributed by atoms with van der Waals surface area (Å²) in [5.41, 5.74) is 0.540. The molecule has 0 aliphatic carbocycles. The molecule has 1 unspecified atom stereocenters. The van der Waals surface area contributed by atoms with Crippen LogP contribution in [-0.2, 0) is 4.74 Å². The van der Waals surface area contributed by atoms with Crippen LogP contribution in [0.4, 0.5) is 4.39 Å². The zero-order valence-corrected chi connectivity index (χ0v) is 10.4. The molecule has 17 heavy (non-hydrogen) atoms. The van der Waals surface area contributed by atoms with Crippen LogP contribution >= 0.6 is 0 Å². The van der Waals surface area contributed by atoms with Crippen molar-refractivity contribution in [1.82, 2.24) is 0 Å². The van der Waals surface area contributed by atoms with E-state index >= 15 is 0 Å². The Labute approximate surface area is 102 Å². The number of carbonyl (C=O) groups is 1. The summed E-state index contributed by atoms with van der Waals surface area (Å²) in [6.45, 7) is 4.53. The Morgan fingerprint density at radius 3 is 2.59 bits per heavy atom. The topological polar surface area (TPSA) is 26.3 Å². The van der Waals surface area contributed by atoms with Crippen LogP contribution in [-0.4, -0.2) is 18.5 Å². The first-order valence-electron chi connectivity index (χ1n) is 6.04. The number of Topliss-reactive ketones (excluding diaryl/α,β-unsaturated/α-hetero) is 1. The van der Waals surface area contributed by atoms with Crippen LogP contribution in [0.2, 0.25) is 0 Å². The smallest absolute Gasteiger partial charge is 0.165 e. The van der Waals surface area contributed by atoms with Gasteiger partial charge in [0.2, 0.25) is 0 Å². The maximum atomic E-state index is 12.7. The summed E-state index contributed by atoms with van der Waals surface area (Å²) in [5, 5.41) is 0. The van der Waals surface area contributed by atoms with Crippen molar-refractivity contribution in [1.29, 1.82) is 0 Å². The summed E-state index contributed by atoms with van der Waals surface area (Å²) in [4.78, 5) is 11.7. The lowest BCUT2D eigenvalue weighted by Crippen LogP contribution is -2.12. The second-order valence-corrected chi connectivity index (χ2v) is 4.15. The van der Waals surface area contributed by atoms with Crippen molar-refractivity contribution in [2.45, 2.75) is 39.2 Å². The van der Waals surface area contributed by atoms with Crippen LogP contribution in [0.3, 0.4) is 0 Å². The van der Waals surface area contributed by atoms with Gasteiger partial charge in [-0.3, -0.25) is 4.79 Å². The number of carbonyl (C=O) groups excluding carboxylic acids is 1. The van der Waals surface area contributed by atoms with Crippen LogP contribution in [0.25, 0.3) is 0 Å². The van der Waals surface area contributed by atoms with E-state index in [2.05, 4.69) is 6.92 Å². The zero-order valence-electron chi connectivity index (χ0n) is 10.4. The average molecular weight is 238 g/mol. The number of hydrogen-bond donors (Lipinski definition) is 0. The van der Waals surface area contributed by atoms with E-state index < -0.39 is 0 Å². The van der Waals surface area contributed by atoms with Gasteiger partial charge in [0.15, 0.2) is 5.78 Å². The Bertz CT molecular complexity index is 346. The first-order valence-corrected chi connectivity index (χ1v) is 6.04. The fraction of sp³-hybridized carbons (Fsp3) is 0.500. The van der Waals surface area contributed by atoms with Crippen LogP contribution in [0.1, 0.15) is 43.5 Å². The maximum absolute atomic E-state index is 12.7. The lowest BCUT2D eigenvalue weighted by molar-refractivity contribution is 0.0543. The largest absolute Gasteiger partial charge is 0.378 e. The van der Waals surface area contributed by atoms with Gasteiger partial charge < -0.3 is 4.74 Å². The third kappa shape index (κ3) is 5.09. The van der Waals surface area contributed by atoms with Gasteiger partial charge >= 0.3 is 0 Å². The number of rotatable bonds is 7. The molecule has 0 bridgehead atoms. The summed E-state index contributed by atoms with van der Waals surface area (Å²) in [6.07, 6.45) is 2.62. The Morgan fingerprint density at radius 2 is 2.00 bits per heavy atom. The van der Waals surface area contributed by atoms with E-state index in [0.29, 0.717) is 18.6 Å². The predicted octanol–water partition coefficient (Wildman–Crippen LogP) is 3.60. The van der Waals surface area contributed by atoms with Crippen molar-refractivity contribution in [2.75, 3.05) is 6.61 Å². The zero-order chi connectivity index (χ0) is 12.7. The van der Waals surface area contributed by atoms with Crippen LogP contribution in [0, 0.1) is 5.82 Å². The summed E-state index contributed by atoms with van der Waals surface area (Å²) < 4.78 is 18.2. The molecular formula is C14H19FO2. The Balaban J connectivity index is 2.32. The molecule has 0 fully saturated rings. The summed E-state index contributed by atoms with van der Waals surface area (Å²) in [5.74, 6) is -0.330. The van der Waals surface area contributed by atoms with Gasteiger partial charge in [-0.05, 0) is 37.6 Å². The number of halogens is 1. The van der Waals surface area contributed by atoms with Crippen molar-refractivity contribution in [3.05, 3.63) is 35.6 Å². The molecule has 0 amide bonds. The molecule has 1 atom stereocenters. The molecule has 0 aliphatic rings. The lowest BCUT2D eigenvalue weighted by atomic mass is 10.1. The fourth-order valence-corrected chi connectivity index (χ4v) is 1.62. The minimum Gasteiger partial charge on any atom is -0.378 e. The van der Waals surface area contributed by atoms with Gasteiger partial charge in [0.05, 0.1) is 12.7 Å². The molecule has 0 aliphatic heterocycles. The molecule has 94 valence electrons. The van der Waals surface area contributed by atoms with E-state index in [1.165, 1.54) is 24.3 Å². The summed E-state index contributed by atoms with van der Waals surface area (Å²) in [6, 6.07) is 5.61. The highest BCUT2D eigenvalue weighted by atomic mass is 19.1. The summed E-state index contributed by atoms with van der Waals surface area (Å²) in [7, 11) is 0. The highest BCUT2D eigenvalue weighted by Gasteiger charge is 2.07. The molecule has 2 nitrogen and oxygen atoms in total. The van der Waals surface area contributed by atoms with Crippen molar-refractivity contribution < 1.29 is 13.9 Å². The minimum atomic E-state index is -0.325. The molecule has 0 spiro atoms. The van der Waals surface area contributed by atoms with Crippen LogP contribution in [0.5, 0.6) is 0 Å². The predicted molar refractivity (Wildman–Crippen MR) is 65.7 cm³/mol. The molecular weight excluding hydrogens is 219 g/mol. The molecule has 0 saturated carbocycles. The normalized spacial score (nSPS) is 12.4. The summed E-state index contributed by atoms with van der Waals surface area (Å²) >= 11 is 0. The average Bonchev–Trinajstić information content (AvgIpc) is 2.30. The maximum Gasteiger partial charge on any atom is 0.165 e. The number of ether oxygens (including phenoxy) is 1. The quantitative estimate of drug-likeness (QED) is 0.678. The van der Waals surface area contributed by atoms with Gasteiger partial charge in [0, 0.05) is 12.0 Å². The molecule has 0 N–H and O–H groups in total. The number of ketones is 1. The van der Waals surface area contributed by atoms with Gasteiger partial charge in [-0.15, -0.1) is 0 Å². The Kier molecular flexibility index (Phi) is 5.84. The van der Waals surface area contributed by atoms with E-state index in [0.717, 1.165) is 12.8 Å². The molecule has 0 heterocycles. The van der Waals surface area contributed by atoms with Gasteiger partial charge in [0.1, 0.15) is 5.82 Å². The second kappa shape index (κ2) is 7.17. The van der Waals surface area contributed by atoms with Crippen molar-refractivity contribution in [2.24, 2.45) is 0 Å². The molecule has 1 aromatic rings. The monoisotopic (exact) mass is 238 g/mol. The van der Waals surface area contributed by atoms with Gasteiger partial charge in [-0.2, -0.15) is 0 Å². The first-order chi connectivity index (χ1) is 8.13. The number of benzene rings is 1. The fourth-order valence-electron chi connectivity index (χ4n) is 1.62. The van der Waals surface area contributed by atoms with E-state index in [-0.39, 0.29) is 17.7 Å². The molecule has 3 heteroatoms. The molecule has 1 rings (SSSR count). The highest BCUT2D eigenvalue weighted by molar-refractivity contribution is 5.96. The first kappa shape index (κ1) is 13.8. The van der Waals surface area contributed by atoms with Crippen LogP contribution < -0.4 is 0 Å². The second-order valence-electron chi connectivity index (χ2n) is 4.15. The van der Waals surface area contributed by atoms with Crippen molar-refractivity contribution >= 4 is 5.78 Å². The van der Waals surface area contributed by atoms with E-state index in [9.17, 15) is 9.18 Å². The standard InChI is InChI=1S/C14H19FO2/c1-3-4-11(2)17-10-9-14(16)12-5-7-13(15)8-6-12/h5-8,11H,3-4,9-10H2,1-2H3. The van der Waals surface area contributed by atoms with Crippen molar-refractivity contribution in [3.8, 4) is 0 Å². The Morgan fingerprint density at radius 1 is 1.35 bits per heavy atom. The van der Waals surface area contributed by atoms with Crippen LogP contribution in [0.15, 0.2) is 24.3 Å². The minimum absolute atomic E-state index is 0.00583. The van der Waals surface area contributed by atoms with Crippen molar-refractivity contribution in [3.63, 3.8) is 0 Å².